The fourth-order valence-corrected chi connectivity index (χ4v) is 4.18. The molecule has 2 heterocycles. The van der Waals surface area contributed by atoms with Gasteiger partial charge in [-0.05, 0) is 29.8 Å². The Morgan fingerprint density at radius 3 is 2.73 bits per heavy atom. The first-order valence-corrected chi connectivity index (χ1v) is 9.62. The predicted octanol–water partition coefficient (Wildman–Crippen LogP) is 4.64. The number of rotatable bonds is 4. The van der Waals surface area contributed by atoms with E-state index in [1.807, 2.05) is 48.5 Å². The van der Waals surface area contributed by atoms with Crippen molar-refractivity contribution in [1.29, 1.82) is 0 Å². The van der Waals surface area contributed by atoms with Gasteiger partial charge in [0.15, 0.2) is 10.8 Å². The lowest BCUT2D eigenvalue weighted by atomic mass is 10.2. The van der Waals surface area contributed by atoms with Gasteiger partial charge in [0.1, 0.15) is 0 Å². The molecule has 4 aromatic rings. The lowest BCUT2D eigenvalue weighted by Gasteiger charge is -2.19. The standard InChI is InChI=1S/C19H15BrN4OS/c1-23-10-9-16(22-23)18(25)24(12-13-5-3-2-4-6-13)19-21-15-8-7-14(20)11-17(15)26-19/h2-11H,12H2,1H3. The molecule has 0 radical (unpaired) electrons. The van der Waals surface area contributed by atoms with Gasteiger partial charge >= 0.3 is 0 Å². The van der Waals surface area contributed by atoms with Crippen molar-refractivity contribution in [2.45, 2.75) is 6.54 Å². The summed E-state index contributed by atoms with van der Waals surface area (Å²) in [7, 11) is 1.80. The SMILES string of the molecule is Cn1ccc(C(=O)N(Cc2ccccc2)c2nc3ccc(Br)cc3s2)n1. The van der Waals surface area contributed by atoms with Crippen LogP contribution in [0.25, 0.3) is 10.2 Å². The van der Waals surface area contributed by atoms with Crippen molar-refractivity contribution in [3.63, 3.8) is 0 Å². The molecule has 4 rings (SSSR count). The second kappa shape index (κ2) is 7.01. The highest BCUT2D eigenvalue weighted by Gasteiger charge is 2.23. The van der Waals surface area contributed by atoms with Crippen molar-refractivity contribution in [1.82, 2.24) is 14.8 Å². The topological polar surface area (TPSA) is 51.0 Å². The number of aromatic nitrogens is 3. The smallest absolute Gasteiger partial charge is 0.278 e. The molecule has 0 saturated carbocycles. The van der Waals surface area contributed by atoms with Crippen molar-refractivity contribution in [2.75, 3.05) is 4.90 Å². The van der Waals surface area contributed by atoms with Crippen LogP contribution < -0.4 is 4.90 Å². The molecule has 0 unspecified atom stereocenters. The van der Waals surface area contributed by atoms with Crippen molar-refractivity contribution < 1.29 is 4.79 Å². The van der Waals surface area contributed by atoms with Crippen LogP contribution in [-0.4, -0.2) is 20.7 Å². The van der Waals surface area contributed by atoms with E-state index < -0.39 is 0 Å². The van der Waals surface area contributed by atoms with Gasteiger partial charge in [-0.1, -0.05) is 57.6 Å². The monoisotopic (exact) mass is 426 g/mol. The second-order valence-electron chi connectivity index (χ2n) is 5.86. The number of anilines is 1. The van der Waals surface area contributed by atoms with E-state index in [1.54, 1.807) is 28.9 Å². The molecule has 0 saturated heterocycles. The van der Waals surface area contributed by atoms with Gasteiger partial charge < -0.3 is 0 Å². The summed E-state index contributed by atoms with van der Waals surface area (Å²) in [6.45, 7) is 0.442. The normalized spacial score (nSPS) is 11.0. The first-order chi connectivity index (χ1) is 12.6. The molecular formula is C19H15BrN4OS. The van der Waals surface area contributed by atoms with Gasteiger partial charge in [-0.3, -0.25) is 14.4 Å². The number of aryl methyl sites for hydroxylation is 1. The van der Waals surface area contributed by atoms with Crippen molar-refractivity contribution in [2.24, 2.45) is 7.05 Å². The van der Waals surface area contributed by atoms with Gasteiger partial charge in [0.25, 0.3) is 5.91 Å². The fraction of sp³-hybridized carbons (Fsp3) is 0.105. The lowest BCUT2D eigenvalue weighted by molar-refractivity contribution is 0.0979. The molecule has 2 aromatic carbocycles. The Hall–Kier alpha value is -2.51. The van der Waals surface area contributed by atoms with E-state index >= 15 is 0 Å². The molecule has 0 aliphatic carbocycles. The Balaban J connectivity index is 1.76. The van der Waals surface area contributed by atoms with E-state index in [-0.39, 0.29) is 5.91 Å². The molecule has 0 atom stereocenters. The summed E-state index contributed by atoms with van der Waals surface area (Å²) in [5.74, 6) is -0.160. The maximum atomic E-state index is 13.1. The summed E-state index contributed by atoms with van der Waals surface area (Å²) >= 11 is 4.98. The quantitative estimate of drug-likeness (QED) is 0.477. The molecule has 0 bridgehead atoms. The van der Waals surface area contributed by atoms with Gasteiger partial charge in [-0.25, -0.2) is 4.98 Å². The van der Waals surface area contributed by atoms with Crippen LogP contribution in [0, 0.1) is 0 Å². The molecule has 0 aliphatic heterocycles. The second-order valence-corrected chi connectivity index (χ2v) is 7.78. The first-order valence-electron chi connectivity index (χ1n) is 8.02. The van der Waals surface area contributed by atoms with E-state index in [4.69, 9.17) is 0 Å². The highest BCUT2D eigenvalue weighted by molar-refractivity contribution is 9.10. The number of nitrogens with zero attached hydrogens (tertiary/aromatic N) is 4. The molecule has 0 aliphatic rings. The van der Waals surface area contributed by atoms with Crippen LogP contribution in [0.1, 0.15) is 16.1 Å². The molecule has 1 amide bonds. The zero-order valence-electron chi connectivity index (χ0n) is 14.0. The molecular weight excluding hydrogens is 412 g/mol. The minimum atomic E-state index is -0.160. The predicted molar refractivity (Wildman–Crippen MR) is 107 cm³/mol. The molecule has 0 N–H and O–H groups in total. The number of thiazole rings is 1. The highest BCUT2D eigenvalue weighted by atomic mass is 79.9. The van der Waals surface area contributed by atoms with Gasteiger partial charge in [0.05, 0.1) is 16.8 Å². The number of carbonyl (C=O) groups is 1. The molecule has 5 nitrogen and oxygen atoms in total. The fourth-order valence-electron chi connectivity index (χ4n) is 2.66. The number of fused-ring (bicyclic) bond motifs is 1. The van der Waals surface area contributed by atoms with Gasteiger partial charge in [-0.15, -0.1) is 0 Å². The van der Waals surface area contributed by atoms with Gasteiger partial charge in [0.2, 0.25) is 0 Å². The Bertz CT molecular complexity index is 1070. The Labute approximate surface area is 163 Å². The number of hydrogen-bond acceptors (Lipinski definition) is 4. The van der Waals surface area contributed by atoms with E-state index in [0.717, 1.165) is 20.3 Å². The first kappa shape index (κ1) is 16.9. The van der Waals surface area contributed by atoms with E-state index in [1.165, 1.54) is 11.3 Å². The van der Waals surface area contributed by atoms with Crippen LogP contribution >= 0.6 is 27.3 Å². The average molecular weight is 427 g/mol. The summed E-state index contributed by atoms with van der Waals surface area (Å²) in [5, 5.41) is 4.93. The van der Waals surface area contributed by atoms with Crippen LogP contribution in [-0.2, 0) is 13.6 Å². The van der Waals surface area contributed by atoms with Crippen molar-refractivity contribution in [3.05, 3.63) is 76.5 Å². The zero-order valence-corrected chi connectivity index (χ0v) is 16.4. The van der Waals surface area contributed by atoms with E-state index in [9.17, 15) is 4.79 Å². The van der Waals surface area contributed by atoms with Crippen molar-refractivity contribution >= 4 is 48.5 Å². The summed E-state index contributed by atoms with van der Waals surface area (Å²) in [5.41, 5.74) is 2.32. The summed E-state index contributed by atoms with van der Waals surface area (Å²) < 4.78 is 3.65. The van der Waals surface area contributed by atoms with Crippen LogP contribution in [0.4, 0.5) is 5.13 Å². The Kier molecular flexibility index (Phi) is 4.57. The Morgan fingerprint density at radius 2 is 2.00 bits per heavy atom. The number of halogens is 1. The zero-order chi connectivity index (χ0) is 18.1. The summed E-state index contributed by atoms with van der Waals surface area (Å²) in [6.07, 6.45) is 1.77. The minimum absolute atomic E-state index is 0.160. The molecule has 7 heteroatoms. The highest BCUT2D eigenvalue weighted by Crippen LogP contribution is 2.32. The number of carbonyl (C=O) groups excluding carboxylic acids is 1. The summed E-state index contributed by atoms with van der Waals surface area (Å²) in [6, 6.07) is 17.5. The molecule has 0 fully saturated rings. The third kappa shape index (κ3) is 3.40. The minimum Gasteiger partial charge on any atom is -0.278 e. The molecule has 2 aromatic heterocycles. The lowest BCUT2D eigenvalue weighted by Crippen LogP contribution is -2.30. The van der Waals surface area contributed by atoms with Crippen LogP contribution in [0.15, 0.2) is 65.3 Å². The maximum Gasteiger partial charge on any atom is 0.280 e. The van der Waals surface area contributed by atoms with E-state index in [2.05, 4.69) is 26.0 Å². The van der Waals surface area contributed by atoms with Gasteiger partial charge in [0, 0.05) is 17.7 Å². The van der Waals surface area contributed by atoms with Crippen molar-refractivity contribution in [3.8, 4) is 0 Å². The third-order valence-corrected chi connectivity index (χ3v) is 5.47. The van der Waals surface area contributed by atoms with E-state index in [0.29, 0.717) is 17.4 Å². The van der Waals surface area contributed by atoms with Crippen LogP contribution in [0.2, 0.25) is 0 Å². The molecule has 0 spiro atoms. The molecule has 130 valence electrons. The largest absolute Gasteiger partial charge is 0.280 e. The maximum absolute atomic E-state index is 13.1. The van der Waals surface area contributed by atoms with Gasteiger partial charge in [-0.2, -0.15) is 5.10 Å². The number of benzene rings is 2. The average Bonchev–Trinajstić information content (AvgIpc) is 3.25. The summed E-state index contributed by atoms with van der Waals surface area (Å²) in [4.78, 5) is 19.5. The van der Waals surface area contributed by atoms with Crippen LogP contribution in [0.5, 0.6) is 0 Å². The molecule has 26 heavy (non-hydrogen) atoms. The third-order valence-electron chi connectivity index (χ3n) is 3.93. The van der Waals surface area contributed by atoms with Crippen LogP contribution in [0.3, 0.4) is 0 Å². The Morgan fingerprint density at radius 1 is 1.19 bits per heavy atom. The number of amides is 1. The number of hydrogen-bond donors (Lipinski definition) is 0.